The third-order valence-corrected chi connectivity index (χ3v) is 7.30. The van der Waals surface area contributed by atoms with Gasteiger partial charge in [-0.15, -0.1) is 11.3 Å². The van der Waals surface area contributed by atoms with E-state index in [1.165, 1.54) is 16.9 Å². The lowest BCUT2D eigenvalue weighted by Crippen LogP contribution is -2.19. The number of carbonyl (C=O) groups excluding carboxylic acids is 2. The van der Waals surface area contributed by atoms with Crippen molar-refractivity contribution >= 4 is 55.0 Å². The minimum Gasteiger partial charge on any atom is -0.365 e. The molecule has 4 rings (SSSR count). The zero-order valence-electron chi connectivity index (χ0n) is 17.9. The molecular weight excluding hydrogens is 520 g/mol. The molecule has 3 N–H and O–H groups in total. The number of hydrogen-bond acceptors (Lipinski definition) is 6. The summed E-state index contributed by atoms with van der Waals surface area (Å²) in [4.78, 5) is 29.6. The number of thiophene rings is 1. The van der Waals surface area contributed by atoms with Crippen molar-refractivity contribution in [1.29, 1.82) is 0 Å². The highest BCUT2D eigenvalue weighted by Gasteiger charge is 2.28. The number of alkyl halides is 2. The van der Waals surface area contributed by atoms with Gasteiger partial charge >= 0.3 is 0 Å². The molecule has 4 heterocycles. The van der Waals surface area contributed by atoms with Crippen molar-refractivity contribution in [1.82, 2.24) is 24.5 Å². The van der Waals surface area contributed by atoms with Gasteiger partial charge in [-0.2, -0.15) is 10.2 Å². The Bertz CT molecular complexity index is 1440. The van der Waals surface area contributed by atoms with E-state index in [1.807, 2.05) is 0 Å². The van der Waals surface area contributed by atoms with Crippen LogP contribution in [0.3, 0.4) is 0 Å². The number of anilines is 1. The van der Waals surface area contributed by atoms with Gasteiger partial charge in [-0.1, -0.05) is 0 Å². The highest BCUT2D eigenvalue weighted by molar-refractivity contribution is 9.10. The molecule has 13 heteroatoms. The average Bonchev–Trinajstić information content (AvgIpc) is 3.35. The summed E-state index contributed by atoms with van der Waals surface area (Å²) < 4.78 is 30.7. The average molecular weight is 538 g/mol. The number of nitrogens with zero attached hydrogens (tertiary/aromatic N) is 5. The van der Waals surface area contributed by atoms with Gasteiger partial charge in [-0.25, -0.2) is 13.8 Å². The molecule has 0 aliphatic carbocycles. The van der Waals surface area contributed by atoms with Crippen LogP contribution in [0.4, 0.5) is 14.5 Å². The van der Waals surface area contributed by atoms with Gasteiger partial charge in [-0.3, -0.25) is 19.0 Å². The lowest BCUT2D eigenvalue weighted by atomic mass is 10.0. The first-order valence-electron chi connectivity index (χ1n) is 9.56. The summed E-state index contributed by atoms with van der Waals surface area (Å²) in [6.45, 7) is 3.51. The number of rotatable bonds is 5. The van der Waals surface area contributed by atoms with E-state index in [0.717, 1.165) is 11.3 Å². The largest absolute Gasteiger partial charge is 0.365 e. The number of amides is 2. The Hall–Kier alpha value is -3.19. The fourth-order valence-corrected chi connectivity index (χ4v) is 5.08. The number of fused-ring (bicyclic) bond motifs is 1. The molecule has 9 nitrogen and oxygen atoms in total. The molecule has 172 valence electrons. The molecule has 4 aromatic heterocycles. The summed E-state index contributed by atoms with van der Waals surface area (Å²) in [7, 11) is 3.33. The lowest BCUT2D eigenvalue weighted by molar-refractivity contribution is 0.100. The molecule has 0 aliphatic heterocycles. The number of nitrogens with two attached hydrogens (primary N) is 1. The molecule has 0 unspecified atom stereocenters. The molecule has 0 spiro atoms. The number of pyridine rings is 1. The Morgan fingerprint density at radius 3 is 2.42 bits per heavy atom. The number of carbonyl (C=O) groups is 2. The predicted molar refractivity (Wildman–Crippen MR) is 124 cm³/mol. The predicted octanol–water partition coefficient (Wildman–Crippen LogP) is 4.10. The van der Waals surface area contributed by atoms with Gasteiger partial charge in [0, 0.05) is 30.7 Å². The number of hydrogen-bond donors (Lipinski definition) is 2. The number of aryl methyl sites for hydroxylation is 3. The summed E-state index contributed by atoms with van der Waals surface area (Å²) >= 11 is 4.19. The quantitative estimate of drug-likeness (QED) is 0.397. The van der Waals surface area contributed by atoms with Crippen LogP contribution in [-0.4, -0.2) is 36.4 Å². The van der Waals surface area contributed by atoms with Crippen LogP contribution in [-0.2, 0) is 14.1 Å². The van der Waals surface area contributed by atoms with Crippen LogP contribution in [0.1, 0.15) is 43.7 Å². The van der Waals surface area contributed by atoms with Crippen molar-refractivity contribution < 1.29 is 18.4 Å². The molecule has 0 atom stereocenters. The van der Waals surface area contributed by atoms with E-state index >= 15 is 0 Å². The van der Waals surface area contributed by atoms with E-state index in [-0.39, 0.29) is 21.1 Å². The molecule has 0 saturated carbocycles. The summed E-state index contributed by atoms with van der Waals surface area (Å²) in [5.41, 5.74) is 7.67. The lowest BCUT2D eigenvalue weighted by Gasteiger charge is -2.11. The first kappa shape index (κ1) is 23.0. The van der Waals surface area contributed by atoms with Gasteiger partial charge in [-0.05, 0) is 41.4 Å². The number of nitrogens with one attached hydrogen (secondary N) is 1. The van der Waals surface area contributed by atoms with Gasteiger partial charge in [0.05, 0.1) is 22.1 Å². The maximum absolute atomic E-state index is 13.6. The van der Waals surface area contributed by atoms with Crippen LogP contribution in [0.5, 0.6) is 0 Å². The zero-order chi connectivity index (χ0) is 24.2. The second-order valence-electron chi connectivity index (χ2n) is 7.34. The smallest absolute Gasteiger partial charge is 0.280 e. The molecule has 2 amide bonds. The minimum atomic E-state index is -2.84. The Morgan fingerprint density at radius 1 is 1.21 bits per heavy atom. The summed E-state index contributed by atoms with van der Waals surface area (Å²) in [6, 6.07) is 1.24. The fourth-order valence-electron chi connectivity index (χ4n) is 3.55. The monoisotopic (exact) mass is 537 g/mol. The van der Waals surface area contributed by atoms with Crippen molar-refractivity contribution in [2.24, 2.45) is 19.8 Å². The third kappa shape index (κ3) is 3.80. The summed E-state index contributed by atoms with van der Waals surface area (Å²) in [5.74, 6) is -1.38. The van der Waals surface area contributed by atoms with Crippen molar-refractivity contribution in [3.63, 3.8) is 0 Å². The van der Waals surface area contributed by atoms with E-state index in [4.69, 9.17) is 5.73 Å². The third-order valence-electron chi connectivity index (χ3n) is 5.26. The highest BCUT2D eigenvalue weighted by atomic mass is 79.9. The van der Waals surface area contributed by atoms with Crippen molar-refractivity contribution in [3.8, 4) is 11.1 Å². The van der Waals surface area contributed by atoms with Crippen LogP contribution < -0.4 is 11.1 Å². The molecule has 0 aromatic carbocycles. The minimum absolute atomic E-state index is 0.00456. The summed E-state index contributed by atoms with van der Waals surface area (Å²) in [5, 5.41) is 11.5. The highest BCUT2D eigenvalue weighted by Crippen LogP contribution is 2.43. The zero-order valence-corrected chi connectivity index (χ0v) is 20.3. The van der Waals surface area contributed by atoms with Gasteiger partial charge in [0.25, 0.3) is 18.2 Å². The topological polar surface area (TPSA) is 121 Å². The van der Waals surface area contributed by atoms with E-state index < -0.39 is 23.9 Å². The fraction of sp³-hybridized carbons (Fsp3) is 0.250. The molecule has 4 aromatic rings. The first-order chi connectivity index (χ1) is 15.5. The second-order valence-corrected chi connectivity index (χ2v) is 9.13. The van der Waals surface area contributed by atoms with Gasteiger partial charge in [0.1, 0.15) is 21.1 Å². The van der Waals surface area contributed by atoms with Crippen LogP contribution in [0, 0.1) is 13.8 Å². The SMILES string of the molecule is Cc1nn(C)c(C(=O)Nc2c(C(N)=O)sc3nc(C(F)F)cc(-c4cnn(C)c4C)c23)c1Br. The van der Waals surface area contributed by atoms with Crippen LogP contribution >= 0.6 is 27.3 Å². The number of aromatic nitrogens is 5. The number of primary amides is 1. The standard InChI is InChI=1S/C20H18BrF2N7O2S/c1-7-13(21)15(30(4)28-7)19(32)27-14-12-9(10-6-25-29(3)8(10)2)5-11(17(22)23)26-20(12)33-16(14)18(24)31/h5-6,17H,1-4H3,(H2,24,31)(H,27,32). The normalized spacial score (nSPS) is 11.5. The van der Waals surface area contributed by atoms with Gasteiger partial charge < -0.3 is 11.1 Å². The molecule has 0 saturated heterocycles. The van der Waals surface area contributed by atoms with E-state index in [0.29, 0.717) is 32.4 Å². The molecule has 0 radical (unpaired) electrons. The number of halogens is 3. The Balaban J connectivity index is 2.00. The Morgan fingerprint density at radius 2 is 1.91 bits per heavy atom. The van der Waals surface area contributed by atoms with Crippen molar-refractivity contribution in [2.45, 2.75) is 20.3 Å². The molecule has 0 fully saturated rings. The van der Waals surface area contributed by atoms with Crippen LogP contribution in [0.15, 0.2) is 16.7 Å². The molecular formula is C20H18BrF2N7O2S. The van der Waals surface area contributed by atoms with E-state index in [9.17, 15) is 18.4 Å². The summed E-state index contributed by atoms with van der Waals surface area (Å²) in [6.07, 6.45) is -1.30. The Labute approximate surface area is 198 Å². The molecule has 0 aliphatic rings. The van der Waals surface area contributed by atoms with Crippen LogP contribution in [0.2, 0.25) is 0 Å². The van der Waals surface area contributed by atoms with E-state index in [2.05, 4.69) is 36.4 Å². The van der Waals surface area contributed by atoms with Gasteiger partial charge in [0.2, 0.25) is 0 Å². The Kier molecular flexibility index (Phi) is 5.78. The van der Waals surface area contributed by atoms with E-state index in [1.54, 1.807) is 32.6 Å². The first-order valence-corrected chi connectivity index (χ1v) is 11.2. The van der Waals surface area contributed by atoms with Crippen molar-refractivity contribution in [3.05, 3.63) is 44.4 Å². The second kappa shape index (κ2) is 8.30. The van der Waals surface area contributed by atoms with Gasteiger partial charge in [0.15, 0.2) is 0 Å². The van der Waals surface area contributed by atoms with Crippen molar-refractivity contribution in [2.75, 3.05) is 5.32 Å². The maximum atomic E-state index is 13.6. The molecule has 0 bridgehead atoms. The maximum Gasteiger partial charge on any atom is 0.280 e. The molecule has 33 heavy (non-hydrogen) atoms. The van der Waals surface area contributed by atoms with Crippen LogP contribution in [0.25, 0.3) is 21.3 Å².